The number of hydrogen-bond donors (Lipinski definition) is 1. The normalized spacial score (nSPS) is 16.6. The summed E-state index contributed by atoms with van der Waals surface area (Å²) in [5.41, 5.74) is 1.26. The van der Waals surface area contributed by atoms with Crippen molar-refractivity contribution in [1.82, 2.24) is 14.6 Å². The molecular weight excluding hydrogens is 192 g/mol. The van der Waals surface area contributed by atoms with Crippen molar-refractivity contribution < 1.29 is 14.0 Å². The first-order valence-corrected chi connectivity index (χ1v) is 4.43. The van der Waals surface area contributed by atoms with Crippen LogP contribution in [0.5, 0.6) is 0 Å². The van der Waals surface area contributed by atoms with E-state index >= 15 is 0 Å². The largest absolute Gasteiger partial charge is 0.326 e. The predicted octanol–water partition coefficient (Wildman–Crippen LogP) is 1.55. The molecule has 0 saturated heterocycles. The van der Waals surface area contributed by atoms with E-state index in [9.17, 15) is 14.0 Å². The van der Waals surface area contributed by atoms with E-state index in [2.05, 4.69) is 4.98 Å². The second-order valence-corrected chi connectivity index (χ2v) is 3.23. The Hall–Kier alpha value is -1.01. The molecule has 0 aliphatic carbocycles. The Labute approximate surface area is 79.7 Å². The summed E-state index contributed by atoms with van der Waals surface area (Å²) in [5, 5.41) is 10.2. The molecule has 2 heterocycles. The highest BCUT2D eigenvalue weighted by Crippen LogP contribution is 2.27. The molecule has 1 aliphatic rings. The van der Waals surface area contributed by atoms with Crippen LogP contribution in [-0.2, 0) is 19.6 Å². The van der Waals surface area contributed by atoms with Crippen LogP contribution in [0.1, 0.15) is 30.6 Å². The van der Waals surface area contributed by atoms with Gasteiger partial charge in [-0.25, -0.2) is 13.8 Å². The molecule has 1 aromatic rings. The van der Waals surface area contributed by atoms with E-state index in [0.717, 1.165) is 5.06 Å². The maximum Gasteiger partial charge on any atom is 0.295 e. The van der Waals surface area contributed by atoms with E-state index < -0.39 is 6.43 Å². The van der Waals surface area contributed by atoms with Crippen molar-refractivity contribution in [3.8, 4) is 0 Å². The zero-order valence-electron chi connectivity index (χ0n) is 7.74. The molecule has 6 heteroatoms. The van der Waals surface area contributed by atoms with Gasteiger partial charge in [0.2, 0.25) is 0 Å². The quantitative estimate of drug-likeness (QED) is 0.792. The van der Waals surface area contributed by atoms with Crippen LogP contribution in [0.4, 0.5) is 8.78 Å². The number of alkyl halides is 2. The van der Waals surface area contributed by atoms with Gasteiger partial charge in [0.1, 0.15) is 0 Å². The van der Waals surface area contributed by atoms with Gasteiger partial charge in [0.25, 0.3) is 6.43 Å². The Morgan fingerprint density at radius 2 is 2.21 bits per heavy atom. The Morgan fingerprint density at radius 3 is 2.79 bits per heavy atom. The Kier molecular flexibility index (Phi) is 2.24. The first-order valence-electron chi connectivity index (χ1n) is 4.43. The van der Waals surface area contributed by atoms with E-state index in [1.807, 2.05) is 0 Å². The summed E-state index contributed by atoms with van der Waals surface area (Å²) in [6.07, 6.45) is -2.55. The zero-order valence-corrected chi connectivity index (χ0v) is 7.74. The van der Waals surface area contributed by atoms with Gasteiger partial charge in [-0.1, -0.05) is 0 Å². The summed E-state index contributed by atoms with van der Waals surface area (Å²) in [5.74, 6) is -0.189. The van der Waals surface area contributed by atoms with Gasteiger partial charge in [0, 0.05) is 6.54 Å². The minimum absolute atomic E-state index is 0.189. The van der Waals surface area contributed by atoms with Gasteiger partial charge in [0.15, 0.2) is 5.82 Å². The van der Waals surface area contributed by atoms with Crippen molar-refractivity contribution in [3.05, 3.63) is 17.2 Å². The summed E-state index contributed by atoms with van der Waals surface area (Å²) >= 11 is 0. The molecule has 78 valence electrons. The SMILES string of the molecule is CCn1c(C(F)F)nc2c1CN(O)C2. The fourth-order valence-electron chi connectivity index (χ4n) is 1.78. The lowest BCUT2D eigenvalue weighted by atomic mass is 10.4. The minimum Gasteiger partial charge on any atom is -0.326 e. The van der Waals surface area contributed by atoms with Crippen LogP contribution in [0.3, 0.4) is 0 Å². The molecule has 0 bridgehead atoms. The first kappa shape index (κ1) is 9.54. The van der Waals surface area contributed by atoms with E-state index in [4.69, 9.17) is 0 Å². The lowest BCUT2D eigenvalue weighted by Crippen LogP contribution is -2.14. The summed E-state index contributed by atoms with van der Waals surface area (Å²) in [6.45, 7) is 2.76. The molecule has 4 nitrogen and oxygen atoms in total. The highest BCUT2D eigenvalue weighted by atomic mass is 19.3. The van der Waals surface area contributed by atoms with E-state index in [1.54, 1.807) is 6.92 Å². The third-order valence-electron chi connectivity index (χ3n) is 2.36. The molecule has 1 aliphatic heterocycles. The van der Waals surface area contributed by atoms with Crippen LogP contribution >= 0.6 is 0 Å². The van der Waals surface area contributed by atoms with Crippen molar-refractivity contribution in [2.24, 2.45) is 0 Å². The fourth-order valence-corrected chi connectivity index (χ4v) is 1.78. The smallest absolute Gasteiger partial charge is 0.295 e. The Morgan fingerprint density at radius 1 is 1.50 bits per heavy atom. The third-order valence-corrected chi connectivity index (χ3v) is 2.36. The number of fused-ring (bicyclic) bond motifs is 1. The van der Waals surface area contributed by atoms with Crippen molar-refractivity contribution in [3.63, 3.8) is 0 Å². The average Bonchev–Trinajstić information content (AvgIpc) is 2.59. The molecule has 1 N–H and O–H groups in total. The number of hydroxylamine groups is 2. The standard InChI is InChI=1S/C8H11F2N3O/c1-2-13-6-4-12(14)3-5(6)11-8(13)7(9)10/h7,14H,2-4H2,1H3. The monoisotopic (exact) mass is 203 g/mol. The van der Waals surface area contributed by atoms with Crippen LogP contribution in [0.2, 0.25) is 0 Å². The molecule has 0 saturated carbocycles. The molecule has 0 radical (unpaired) electrons. The summed E-state index contributed by atoms with van der Waals surface area (Å²) in [6, 6.07) is 0. The van der Waals surface area contributed by atoms with Crippen LogP contribution in [0.15, 0.2) is 0 Å². The fraction of sp³-hybridized carbons (Fsp3) is 0.625. The molecule has 0 atom stereocenters. The highest BCUT2D eigenvalue weighted by molar-refractivity contribution is 5.21. The predicted molar refractivity (Wildman–Crippen MR) is 43.9 cm³/mol. The van der Waals surface area contributed by atoms with Gasteiger partial charge < -0.3 is 9.77 Å². The van der Waals surface area contributed by atoms with Gasteiger partial charge >= 0.3 is 0 Å². The molecule has 0 fully saturated rings. The molecule has 2 rings (SSSR count). The number of rotatable bonds is 2. The Balaban J connectivity index is 2.43. The average molecular weight is 203 g/mol. The van der Waals surface area contributed by atoms with Crippen molar-refractivity contribution in [2.75, 3.05) is 0 Å². The third kappa shape index (κ3) is 1.31. The summed E-state index contributed by atoms with van der Waals surface area (Å²) in [7, 11) is 0. The van der Waals surface area contributed by atoms with Crippen molar-refractivity contribution in [2.45, 2.75) is 33.0 Å². The number of halogens is 2. The van der Waals surface area contributed by atoms with Crippen molar-refractivity contribution >= 4 is 0 Å². The number of hydrogen-bond acceptors (Lipinski definition) is 3. The van der Waals surface area contributed by atoms with Gasteiger partial charge in [0.05, 0.1) is 24.5 Å². The molecular formula is C8H11F2N3O. The van der Waals surface area contributed by atoms with E-state index in [0.29, 0.717) is 17.9 Å². The van der Waals surface area contributed by atoms with Crippen LogP contribution in [0, 0.1) is 0 Å². The lowest BCUT2D eigenvalue weighted by molar-refractivity contribution is -0.0988. The van der Waals surface area contributed by atoms with Crippen LogP contribution in [0.25, 0.3) is 0 Å². The highest BCUT2D eigenvalue weighted by Gasteiger charge is 2.28. The van der Waals surface area contributed by atoms with Crippen molar-refractivity contribution in [1.29, 1.82) is 0 Å². The summed E-state index contributed by atoms with van der Waals surface area (Å²) in [4.78, 5) is 3.82. The second kappa shape index (κ2) is 3.29. The molecule has 0 aromatic carbocycles. The van der Waals surface area contributed by atoms with E-state index in [1.165, 1.54) is 4.57 Å². The molecule has 0 spiro atoms. The first-order chi connectivity index (χ1) is 6.63. The van der Waals surface area contributed by atoms with Crippen LogP contribution in [-0.4, -0.2) is 19.8 Å². The lowest BCUT2D eigenvalue weighted by Gasteiger charge is -2.09. The molecule has 0 amide bonds. The van der Waals surface area contributed by atoms with Gasteiger partial charge in [-0.2, -0.15) is 5.06 Å². The number of aromatic nitrogens is 2. The van der Waals surface area contributed by atoms with Crippen LogP contribution < -0.4 is 0 Å². The minimum atomic E-state index is -2.55. The zero-order chi connectivity index (χ0) is 10.3. The van der Waals surface area contributed by atoms with Gasteiger partial charge in [-0.05, 0) is 6.92 Å². The number of nitrogens with zero attached hydrogens (tertiary/aromatic N) is 3. The topological polar surface area (TPSA) is 41.3 Å². The molecule has 14 heavy (non-hydrogen) atoms. The molecule has 1 aromatic heterocycles. The molecule has 0 unspecified atom stereocenters. The second-order valence-electron chi connectivity index (χ2n) is 3.23. The van der Waals surface area contributed by atoms with E-state index in [-0.39, 0.29) is 18.9 Å². The maximum atomic E-state index is 12.5. The number of imidazole rings is 1. The summed E-state index contributed by atoms with van der Waals surface area (Å²) < 4.78 is 26.5. The van der Waals surface area contributed by atoms with Gasteiger partial charge in [-0.3, -0.25) is 0 Å². The maximum absolute atomic E-state index is 12.5. The Bertz CT molecular complexity index is 351. The van der Waals surface area contributed by atoms with Gasteiger partial charge in [-0.15, -0.1) is 0 Å².